The Hall–Kier alpha value is -1.49. The number of nitrogens with zero attached hydrogens (tertiary/aromatic N) is 3. The Labute approximate surface area is 157 Å². The molecule has 0 atom stereocenters. The van der Waals surface area contributed by atoms with E-state index in [1.165, 1.54) is 32.1 Å². The zero-order valence-electron chi connectivity index (χ0n) is 16.4. The van der Waals surface area contributed by atoms with Gasteiger partial charge in [-0.2, -0.15) is 0 Å². The lowest BCUT2D eigenvalue weighted by Gasteiger charge is -2.34. The Morgan fingerprint density at radius 2 is 1.92 bits per heavy atom. The summed E-state index contributed by atoms with van der Waals surface area (Å²) < 4.78 is 5.59. The number of carbonyl (C=O) groups is 1. The summed E-state index contributed by atoms with van der Waals surface area (Å²) in [6, 6.07) is 0. The van der Waals surface area contributed by atoms with Crippen molar-refractivity contribution in [3.63, 3.8) is 0 Å². The van der Waals surface area contributed by atoms with Crippen molar-refractivity contribution in [3.8, 4) is 0 Å². The van der Waals surface area contributed by atoms with Crippen molar-refractivity contribution < 1.29 is 9.53 Å². The summed E-state index contributed by atoms with van der Waals surface area (Å²) in [7, 11) is 0. The van der Waals surface area contributed by atoms with Crippen molar-refractivity contribution in [2.75, 3.05) is 19.7 Å². The van der Waals surface area contributed by atoms with Gasteiger partial charge < -0.3 is 9.64 Å². The fraction of sp³-hybridized carbons (Fsp3) is 0.762. The van der Waals surface area contributed by atoms with Crippen LogP contribution in [-0.4, -0.2) is 40.5 Å². The van der Waals surface area contributed by atoms with Crippen LogP contribution in [0.25, 0.3) is 0 Å². The molecule has 1 aliphatic carbocycles. The highest BCUT2D eigenvalue weighted by Crippen LogP contribution is 2.31. The number of aromatic nitrogens is 2. The van der Waals surface area contributed by atoms with Crippen molar-refractivity contribution in [1.82, 2.24) is 14.9 Å². The lowest BCUT2D eigenvalue weighted by molar-refractivity contribution is -0.133. The molecule has 5 nitrogen and oxygen atoms in total. The van der Waals surface area contributed by atoms with E-state index in [1.54, 1.807) is 0 Å². The van der Waals surface area contributed by atoms with E-state index in [2.05, 4.69) is 9.88 Å². The van der Waals surface area contributed by atoms with E-state index in [0.717, 1.165) is 49.4 Å². The first-order valence-electron chi connectivity index (χ1n) is 10.3. The summed E-state index contributed by atoms with van der Waals surface area (Å²) in [5.41, 5.74) is 2.23. The summed E-state index contributed by atoms with van der Waals surface area (Å²) in [5, 5.41) is 0. The quantitative estimate of drug-likeness (QED) is 0.770. The third-order valence-corrected chi connectivity index (χ3v) is 5.90. The van der Waals surface area contributed by atoms with Gasteiger partial charge >= 0.3 is 0 Å². The Morgan fingerprint density at radius 1 is 1.19 bits per heavy atom. The molecule has 0 N–H and O–H groups in total. The minimum absolute atomic E-state index is 0.365. The first-order chi connectivity index (χ1) is 12.7. The molecular weight excluding hydrogens is 326 g/mol. The smallest absolute Gasteiger partial charge is 0.222 e. The summed E-state index contributed by atoms with van der Waals surface area (Å²) in [4.78, 5) is 23.8. The number of likely N-dealkylation sites (tertiary alicyclic amines) is 1. The molecule has 26 heavy (non-hydrogen) atoms. The Kier molecular flexibility index (Phi) is 7.00. The van der Waals surface area contributed by atoms with Crippen LogP contribution < -0.4 is 0 Å². The maximum atomic E-state index is 12.7. The largest absolute Gasteiger partial charge is 0.377 e. The van der Waals surface area contributed by atoms with E-state index >= 15 is 0 Å². The molecule has 0 unspecified atom stereocenters. The van der Waals surface area contributed by atoms with Gasteiger partial charge in [-0.05, 0) is 45.4 Å². The third-order valence-electron chi connectivity index (χ3n) is 5.90. The van der Waals surface area contributed by atoms with Gasteiger partial charge in [-0.25, -0.2) is 9.97 Å². The fourth-order valence-corrected chi connectivity index (χ4v) is 4.36. The molecule has 0 aromatic carbocycles. The van der Waals surface area contributed by atoms with Gasteiger partial charge in [-0.15, -0.1) is 0 Å². The van der Waals surface area contributed by atoms with Crippen LogP contribution in [0.2, 0.25) is 0 Å². The monoisotopic (exact) mass is 359 g/mol. The molecule has 1 aromatic heterocycles. The van der Waals surface area contributed by atoms with Crippen LogP contribution in [0.1, 0.15) is 81.3 Å². The van der Waals surface area contributed by atoms with Crippen molar-refractivity contribution in [3.05, 3.63) is 23.3 Å². The average Bonchev–Trinajstić information content (AvgIpc) is 2.68. The second-order valence-electron chi connectivity index (χ2n) is 7.83. The number of ether oxygens (including phenoxy) is 1. The van der Waals surface area contributed by atoms with Gasteiger partial charge in [0.25, 0.3) is 0 Å². The van der Waals surface area contributed by atoms with Crippen molar-refractivity contribution in [1.29, 1.82) is 0 Å². The van der Waals surface area contributed by atoms with Crippen molar-refractivity contribution in [2.24, 2.45) is 5.92 Å². The molecule has 0 bridgehead atoms. The maximum absolute atomic E-state index is 12.7. The Bertz CT molecular complexity index is 591. The standard InChI is InChI=1S/C21H33N3O2/c1-3-26-15-19-14-22-16(2)23-21(19)18-9-11-24(12-10-18)20(25)13-17-7-5-4-6-8-17/h14,17-18H,3-13,15H2,1-2H3. The van der Waals surface area contributed by atoms with E-state index in [-0.39, 0.29) is 0 Å². The molecule has 1 aromatic rings. The molecule has 0 spiro atoms. The number of hydrogen-bond donors (Lipinski definition) is 0. The average molecular weight is 360 g/mol. The third kappa shape index (κ3) is 5.03. The highest BCUT2D eigenvalue weighted by molar-refractivity contribution is 5.76. The molecule has 2 heterocycles. The molecular formula is C21H33N3O2. The topological polar surface area (TPSA) is 55.3 Å². The lowest BCUT2D eigenvalue weighted by atomic mass is 9.86. The van der Waals surface area contributed by atoms with E-state index in [0.29, 0.717) is 31.0 Å². The number of hydrogen-bond acceptors (Lipinski definition) is 4. The van der Waals surface area contributed by atoms with E-state index in [9.17, 15) is 4.79 Å². The molecule has 2 fully saturated rings. The zero-order chi connectivity index (χ0) is 18.4. The fourth-order valence-electron chi connectivity index (χ4n) is 4.36. The van der Waals surface area contributed by atoms with Gasteiger partial charge in [0.05, 0.1) is 12.3 Å². The van der Waals surface area contributed by atoms with Crippen molar-refractivity contribution in [2.45, 2.75) is 77.7 Å². The van der Waals surface area contributed by atoms with Gasteiger partial charge in [0.15, 0.2) is 0 Å². The molecule has 2 aliphatic rings. The van der Waals surface area contributed by atoms with E-state index in [4.69, 9.17) is 9.72 Å². The van der Waals surface area contributed by atoms with Gasteiger partial charge in [-0.1, -0.05) is 19.3 Å². The minimum Gasteiger partial charge on any atom is -0.377 e. The molecule has 0 radical (unpaired) electrons. The van der Waals surface area contributed by atoms with Gasteiger partial charge in [0.2, 0.25) is 5.91 Å². The first kappa shape index (κ1) is 19.3. The van der Waals surface area contributed by atoms with Crippen LogP contribution in [0.3, 0.4) is 0 Å². The number of aryl methyl sites for hydroxylation is 1. The van der Waals surface area contributed by atoms with E-state index < -0.39 is 0 Å². The van der Waals surface area contributed by atoms with Crippen LogP contribution in [0.15, 0.2) is 6.20 Å². The highest BCUT2D eigenvalue weighted by atomic mass is 16.5. The van der Waals surface area contributed by atoms with Gasteiger partial charge in [0, 0.05) is 43.8 Å². The van der Waals surface area contributed by atoms with Gasteiger partial charge in [-0.3, -0.25) is 4.79 Å². The molecule has 1 saturated carbocycles. The maximum Gasteiger partial charge on any atom is 0.222 e. The van der Waals surface area contributed by atoms with Crippen LogP contribution >= 0.6 is 0 Å². The second kappa shape index (κ2) is 9.45. The van der Waals surface area contributed by atoms with Crippen LogP contribution in [0.5, 0.6) is 0 Å². The Balaban J connectivity index is 1.56. The van der Waals surface area contributed by atoms with Gasteiger partial charge in [0.1, 0.15) is 5.82 Å². The summed E-state index contributed by atoms with van der Waals surface area (Å²) in [6.45, 7) is 6.93. The molecule has 3 rings (SSSR count). The van der Waals surface area contributed by atoms with E-state index in [1.807, 2.05) is 20.0 Å². The predicted molar refractivity (Wildman–Crippen MR) is 102 cm³/mol. The lowest BCUT2D eigenvalue weighted by Crippen LogP contribution is -2.39. The second-order valence-corrected chi connectivity index (χ2v) is 7.83. The first-order valence-corrected chi connectivity index (χ1v) is 10.3. The Morgan fingerprint density at radius 3 is 2.62 bits per heavy atom. The zero-order valence-corrected chi connectivity index (χ0v) is 16.4. The van der Waals surface area contributed by atoms with Crippen LogP contribution in [0.4, 0.5) is 0 Å². The molecule has 144 valence electrons. The summed E-state index contributed by atoms with van der Waals surface area (Å²) >= 11 is 0. The highest BCUT2D eigenvalue weighted by Gasteiger charge is 2.28. The molecule has 5 heteroatoms. The molecule has 1 aliphatic heterocycles. The number of piperidine rings is 1. The van der Waals surface area contributed by atoms with Crippen LogP contribution in [0, 0.1) is 12.8 Å². The summed E-state index contributed by atoms with van der Waals surface area (Å²) in [5.74, 6) is 2.21. The number of amides is 1. The predicted octanol–water partition coefficient (Wildman–Crippen LogP) is 4.00. The number of carbonyl (C=O) groups excluding carboxylic acids is 1. The molecule has 1 saturated heterocycles. The van der Waals surface area contributed by atoms with Crippen LogP contribution in [-0.2, 0) is 16.1 Å². The molecule has 1 amide bonds. The van der Waals surface area contributed by atoms with Crippen molar-refractivity contribution >= 4 is 5.91 Å². The SMILES string of the molecule is CCOCc1cnc(C)nc1C1CCN(C(=O)CC2CCCCC2)CC1. The normalized spacial score (nSPS) is 19.7. The number of rotatable bonds is 6. The minimum atomic E-state index is 0.365. The summed E-state index contributed by atoms with van der Waals surface area (Å²) in [6.07, 6.45) is 11.1.